The van der Waals surface area contributed by atoms with Crippen molar-refractivity contribution < 1.29 is 17.6 Å². The van der Waals surface area contributed by atoms with Crippen molar-refractivity contribution in [3.05, 3.63) is 140 Å². The van der Waals surface area contributed by atoms with Crippen molar-refractivity contribution in [3.63, 3.8) is 0 Å². The van der Waals surface area contributed by atoms with Crippen molar-refractivity contribution in [1.82, 2.24) is 9.97 Å². The highest BCUT2D eigenvalue weighted by molar-refractivity contribution is 5.96. The van der Waals surface area contributed by atoms with Gasteiger partial charge in [-0.05, 0) is 84.8 Å². The van der Waals surface area contributed by atoms with Crippen molar-refractivity contribution >= 4 is 11.4 Å². The number of nitrogens with zero attached hydrogens (tertiary/aromatic N) is 6. The summed E-state index contributed by atoms with van der Waals surface area (Å²) in [5.41, 5.74) is 5.34. The normalized spacial score (nSPS) is 11.7. The Morgan fingerprint density at radius 1 is 0.587 bits per heavy atom. The zero-order valence-electron chi connectivity index (χ0n) is 23.4. The molecule has 0 fully saturated rings. The minimum atomic E-state index is -1.01. The number of halogens is 4. The fraction of sp³-hybridized carbons (Fsp3) is 0.0556. The van der Waals surface area contributed by atoms with E-state index >= 15 is 0 Å². The van der Waals surface area contributed by atoms with Gasteiger partial charge in [0.1, 0.15) is 0 Å². The average Bonchev–Trinajstić information content (AvgIpc) is 3.61. The number of pyridine rings is 2. The summed E-state index contributed by atoms with van der Waals surface area (Å²) >= 11 is 0. The summed E-state index contributed by atoms with van der Waals surface area (Å²) in [4.78, 5) is 13.5. The second-order valence-electron chi connectivity index (χ2n) is 10.6. The molecular formula is C36H14F4N6. The van der Waals surface area contributed by atoms with Crippen LogP contribution < -0.4 is 10.4 Å². The zero-order valence-corrected chi connectivity index (χ0v) is 23.4. The van der Waals surface area contributed by atoms with Crippen LogP contribution in [0, 0.1) is 59.6 Å². The number of hydrogen-bond acceptors (Lipinski definition) is 4. The van der Waals surface area contributed by atoms with Crippen molar-refractivity contribution in [2.45, 2.75) is 12.8 Å². The van der Waals surface area contributed by atoms with Gasteiger partial charge in [0.25, 0.3) is 11.4 Å². The molecule has 46 heavy (non-hydrogen) atoms. The number of hydrogen-bond donors (Lipinski definition) is 0. The molecule has 0 bridgehead atoms. The van der Waals surface area contributed by atoms with Crippen LogP contribution in [0.25, 0.3) is 65.6 Å². The quantitative estimate of drug-likeness (QED) is 0.126. The van der Waals surface area contributed by atoms with Crippen LogP contribution >= 0.6 is 0 Å². The van der Waals surface area contributed by atoms with E-state index in [1.807, 2.05) is 12.1 Å². The van der Waals surface area contributed by atoms with E-state index in [0.717, 1.165) is 24.3 Å². The second kappa shape index (κ2) is 10.5. The lowest BCUT2D eigenvalue weighted by Crippen LogP contribution is -2.25. The number of nitriles is 2. The molecule has 0 saturated carbocycles. The first-order valence-corrected chi connectivity index (χ1v) is 13.7. The lowest BCUT2D eigenvalue weighted by atomic mass is 9.90. The molecule has 5 aromatic rings. The summed E-state index contributed by atoms with van der Waals surface area (Å²) in [6, 6.07) is 18.7. The summed E-state index contributed by atoms with van der Waals surface area (Å²) in [6.07, 6.45) is 0.257. The lowest BCUT2D eigenvalue weighted by Gasteiger charge is -2.13. The monoisotopic (exact) mass is 606 g/mol. The van der Waals surface area contributed by atoms with Crippen LogP contribution in [-0.2, 0) is 12.8 Å². The van der Waals surface area contributed by atoms with Crippen LogP contribution in [0.4, 0.5) is 17.6 Å². The predicted octanol–water partition coefficient (Wildman–Crippen LogP) is 6.61. The van der Waals surface area contributed by atoms with E-state index in [-0.39, 0.29) is 35.4 Å². The first kappa shape index (κ1) is 28.2. The maximum absolute atomic E-state index is 14.2. The number of aromatic nitrogens is 2. The molecule has 0 radical (unpaired) electrons. The molecule has 7 rings (SSSR count). The van der Waals surface area contributed by atoms with E-state index in [1.165, 1.54) is 0 Å². The molecule has 216 valence electrons. The van der Waals surface area contributed by atoms with Crippen LogP contribution in [0.2, 0.25) is 0 Å². The van der Waals surface area contributed by atoms with Gasteiger partial charge >= 0.3 is 0 Å². The van der Waals surface area contributed by atoms with Crippen LogP contribution in [-0.4, -0.2) is 9.97 Å². The smallest absolute Gasteiger partial charge is 0.226 e. The SMILES string of the molecule is [C-]#[N+]C(C#N)=c1c2c(c(=C(C#N)[N+]#[C-])c3c1Cc1c(-c4cc(F)nc(F)c4)cccc1-3)-c1cccc(-c3cc(F)nc(F)c3)c1C2. The fourth-order valence-electron chi connectivity index (χ4n) is 6.76. The Bertz CT molecular complexity index is 2320. The van der Waals surface area contributed by atoms with E-state index in [9.17, 15) is 28.1 Å². The third-order valence-electron chi connectivity index (χ3n) is 8.36. The van der Waals surface area contributed by atoms with E-state index in [0.29, 0.717) is 66.1 Å². The minimum Gasteiger partial charge on any atom is -0.226 e. The first-order valence-electron chi connectivity index (χ1n) is 13.7. The summed E-state index contributed by atoms with van der Waals surface area (Å²) < 4.78 is 56.8. The highest BCUT2D eigenvalue weighted by atomic mass is 19.1. The Labute approximate surface area is 258 Å². The number of benzene rings is 3. The molecule has 0 amide bonds. The summed E-state index contributed by atoms with van der Waals surface area (Å²) in [5, 5.41) is 21.0. The summed E-state index contributed by atoms with van der Waals surface area (Å²) in [6.45, 7) is 15.8. The largest absolute Gasteiger partial charge is 0.270 e. The maximum atomic E-state index is 14.2. The van der Waals surface area contributed by atoms with E-state index < -0.39 is 23.8 Å². The highest BCUT2D eigenvalue weighted by Gasteiger charge is 2.34. The molecule has 0 N–H and O–H groups in total. The molecule has 0 unspecified atom stereocenters. The van der Waals surface area contributed by atoms with Gasteiger partial charge in [0.15, 0.2) is 0 Å². The van der Waals surface area contributed by atoms with Crippen molar-refractivity contribution in [3.8, 4) is 56.6 Å². The second-order valence-corrected chi connectivity index (χ2v) is 10.6. The Morgan fingerprint density at radius 2 is 0.957 bits per heavy atom. The molecule has 0 saturated heterocycles. The van der Waals surface area contributed by atoms with Gasteiger partial charge in [-0.1, -0.05) is 36.4 Å². The maximum Gasteiger partial charge on any atom is 0.270 e. The van der Waals surface area contributed by atoms with Crippen LogP contribution in [0.15, 0.2) is 60.7 Å². The summed E-state index contributed by atoms with van der Waals surface area (Å²) in [7, 11) is 0. The molecule has 0 spiro atoms. The van der Waals surface area contributed by atoms with Crippen LogP contribution in [0.1, 0.15) is 22.3 Å². The van der Waals surface area contributed by atoms with Gasteiger partial charge in [0.05, 0.1) is 25.3 Å². The molecule has 3 aromatic carbocycles. The number of fused-ring (bicyclic) bond motifs is 6. The zero-order chi connectivity index (χ0) is 32.3. The van der Waals surface area contributed by atoms with Crippen molar-refractivity contribution in [2.75, 3.05) is 0 Å². The van der Waals surface area contributed by atoms with Gasteiger partial charge in [-0.3, -0.25) is 0 Å². The Balaban J connectivity index is 1.65. The van der Waals surface area contributed by atoms with E-state index in [2.05, 4.69) is 19.7 Å². The molecule has 0 aliphatic heterocycles. The Hall–Kier alpha value is -6.62. The van der Waals surface area contributed by atoms with Gasteiger partial charge in [-0.15, -0.1) is 0 Å². The first-order chi connectivity index (χ1) is 22.3. The number of rotatable bonds is 2. The molecule has 2 heterocycles. The third-order valence-corrected chi connectivity index (χ3v) is 8.36. The minimum absolute atomic E-state index is 0.128. The van der Waals surface area contributed by atoms with Gasteiger partial charge in [-0.2, -0.15) is 27.5 Å². The van der Waals surface area contributed by atoms with Crippen LogP contribution in [0.5, 0.6) is 0 Å². The lowest BCUT2D eigenvalue weighted by molar-refractivity contribution is 0.512. The van der Waals surface area contributed by atoms with E-state index in [4.69, 9.17) is 13.1 Å². The highest BCUT2D eigenvalue weighted by Crippen LogP contribution is 2.45. The van der Waals surface area contributed by atoms with Gasteiger partial charge in [0.2, 0.25) is 23.8 Å². The van der Waals surface area contributed by atoms with E-state index in [1.54, 1.807) is 36.4 Å². The van der Waals surface area contributed by atoms with Gasteiger partial charge in [0, 0.05) is 29.5 Å². The topological polar surface area (TPSA) is 82.1 Å². The summed E-state index contributed by atoms with van der Waals surface area (Å²) in [5.74, 6) is -4.03. The molecule has 0 atom stereocenters. The van der Waals surface area contributed by atoms with Gasteiger partial charge in [-0.25, -0.2) is 20.2 Å². The molecule has 2 aromatic heterocycles. The molecule has 2 aliphatic rings. The molecule has 6 nitrogen and oxygen atoms in total. The van der Waals surface area contributed by atoms with Crippen molar-refractivity contribution in [2.24, 2.45) is 0 Å². The Kier molecular flexibility index (Phi) is 6.45. The standard InChI is InChI=1S/C36H14F4N6/c1-43-27(15-41)33-25-13-23-19(17-9-29(37)45-30(38)10-17)5-3-7-21(23)34(25)36(28(16-42)44-2)35-22-8-4-6-20(24(22)14-26(33)35)18-11-31(39)46-32(40)12-18/h3-12H,13-14H2. The Morgan fingerprint density at radius 3 is 1.33 bits per heavy atom. The van der Waals surface area contributed by atoms with Crippen LogP contribution in [0.3, 0.4) is 0 Å². The molecule has 10 heteroatoms. The molecular weight excluding hydrogens is 592 g/mol. The fourth-order valence-corrected chi connectivity index (χ4v) is 6.76. The average molecular weight is 607 g/mol. The van der Waals surface area contributed by atoms with Crippen molar-refractivity contribution in [1.29, 1.82) is 10.5 Å². The third kappa shape index (κ3) is 4.14. The predicted molar refractivity (Wildman–Crippen MR) is 160 cm³/mol. The van der Waals surface area contributed by atoms with Gasteiger partial charge < -0.3 is 0 Å². The molecule has 2 aliphatic carbocycles.